The highest BCUT2D eigenvalue weighted by molar-refractivity contribution is 5.80. The Kier molecular flexibility index (Phi) is 4.61. The summed E-state index contributed by atoms with van der Waals surface area (Å²) in [6, 6.07) is 5.69. The molecule has 0 amide bonds. The van der Waals surface area contributed by atoms with Gasteiger partial charge in [-0.15, -0.1) is 0 Å². The fourth-order valence-corrected chi connectivity index (χ4v) is 2.30. The van der Waals surface area contributed by atoms with Crippen LogP contribution in [0.1, 0.15) is 32.5 Å². The molecule has 0 radical (unpaired) electrons. The molecule has 0 atom stereocenters. The molecule has 0 bridgehead atoms. The SMILES string of the molecule is CCCc1nc2cc(N)ccc2n1CCC(=O)OCC. The fourth-order valence-electron chi connectivity index (χ4n) is 2.30. The Morgan fingerprint density at radius 3 is 2.90 bits per heavy atom. The predicted molar refractivity (Wildman–Crippen MR) is 79.4 cm³/mol. The number of nitrogens with zero attached hydrogens (tertiary/aromatic N) is 2. The number of esters is 1. The molecule has 0 spiro atoms. The summed E-state index contributed by atoms with van der Waals surface area (Å²) < 4.78 is 7.07. The second kappa shape index (κ2) is 6.41. The van der Waals surface area contributed by atoms with Gasteiger partial charge in [0, 0.05) is 18.7 Å². The maximum absolute atomic E-state index is 11.5. The average molecular weight is 275 g/mol. The number of benzene rings is 1. The summed E-state index contributed by atoms with van der Waals surface area (Å²) in [7, 11) is 0. The first-order valence-electron chi connectivity index (χ1n) is 7.06. The molecule has 1 aromatic heterocycles. The lowest BCUT2D eigenvalue weighted by molar-refractivity contribution is -0.143. The molecule has 0 aliphatic carbocycles. The van der Waals surface area contributed by atoms with Crippen LogP contribution in [0.5, 0.6) is 0 Å². The number of hydrogen-bond acceptors (Lipinski definition) is 4. The molecule has 20 heavy (non-hydrogen) atoms. The van der Waals surface area contributed by atoms with Crippen molar-refractivity contribution in [1.29, 1.82) is 0 Å². The molecule has 0 saturated carbocycles. The lowest BCUT2D eigenvalue weighted by atomic mass is 10.2. The number of hydrogen-bond donors (Lipinski definition) is 1. The Morgan fingerprint density at radius 1 is 1.40 bits per heavy atom. The van der Waals surface area contributed by atoms with Crippen LogP contribution in [0.3, 0.4) is 0 Å². The molecule has 2 N–H and O–H groups in total. The van der Waals surface area contributed by atoms with E-state index in [1.54, 1.807) is 0 Å². The quantitative estimate of drug-likeness (QED) is 0.649. The number of aromatic nitrogens is 2. The molecule has 1 heterocycles. The van der Waals surface area contributed by atoms with Gasteiger partial charge in [-0.3, -0.25) is 4.79 Å². The summed E-state index contributed by atoms with van der Waals surface area (Å²) in [5, 5.41) is 0. The minimum atomic E-state index is -0.174. The van der Waals surface area contributed by atoms with Crippen molar-refractivity contribution in [3.8, 4) is 0 Å². The third-order valence-electron chi connectivity index (χ3n) is 3.17. The van der Waals surface area contributed by atoms with Crippen molar-refractivity contribution in [2.75, 3.05) is 12.3 Å². The first kappa shape index (κ1) is 14.4. The zero-order valence-electron chi connectivity index (χ0n) is 12.1. The molecule has 0 aliphatic rings. The molecule has 108 valence electrons. The maximum Gasteiger partial charge on any atom is 0.307 e. The van der Waals surface area contributed by atoms with Gasteiger partial charge < -0.3 is 15.0 Å². The molecule has 0 fully saturated rings. The minimum Gasteiger partial charge on any atom is -0.466 e. The van der Waals surface area contributed by atoms with E-state index in [1.807, 2.05) is 25.1 Å². The zero-order chi connectivity index (χ0) is 14.5. The number of ether oxygens (including phenoxy) is 1. The number of imidazole rings is 1. The van der Waals surface area contributed by atoms with Gasteiger partial charge in [-0.2, -0.15) is 0 Å². The number of anilines is 1. The van der Waals surface area contributed by atoms with Crippen molar-refractivity contribution in [1.82, 2.24) is 9.55 Å². The zero-order valence-corrected chi connectivity index (χ0v) is 12.1. The summed E-state index contributed by atoms with van der Waals surface area (Å²) in [5.74, 6) is 0.824. The summed E-state index contributed by atoms with van der Waals surface area (Å²) >= 11 is 0. The predicted octanol–water partition coefficient (Wildman–Crippen LogP) is 2.52. The van der Waals surface area contributed by atoms with E-state index < -0.39 is 0 Å². The Bertz CT molecular complexity index is 604. The number of nitrogen functional groups attached to an aromatic ring is 1. The molecule has 0 aliphatic heterocycles. The third-order valence-corrected chi connectivity index (χ3v) is 3.17. The second-order valence-corrected chi connectivity index (χ2v) is 4.73. The van der Waals surface area contributed by atoms with Crippen LogP contribution in [0.4, 0.5) is 5.69 Å². The number of rotatable bonds is 6. The van der Waals surface area contributed by atoms with Crippen molar-refractivity contribution >= 4 is 22.7 Å². The minimum absolute atomic E-state index is 0.174. The summed E-state index contributed by atoms with van der Waals surface area (Å²) in [4.78, 5) is 16.1. The van der Waals surface area contributed by atoms with E-state index in [9.17, 15) is 4.79 Å². The van der Waals surface area contributed by atoms with E-state index in [0.717, 1.165) is 29.7 Å². The highest BCUT2D eigenvalue weighted by Gasteiger charge is 2.12. The Morgan fingerprint density at radius 2 is 2.20 bits per heavy atom. The van der Waals surface area contributed by atoms with Crippen molar-refractivity contribution in [3.63, 3.8) is 0 Å². The van der Waals surface area contributed by atoms with Gasteiger partial charge in [-0.25, -0.2) is 4.98 Å². The lowest BCUT2D eigenvalue weighted by Crippen LogP contribution is -2.11. The average Bonchev–Trinajstić information content (AvgIpc) is 2.74. The topological polar surface area (TPSA) is 70.1 Å². The van der Waals surface area contributed by atoms with Crippen LogP contribution >= 0.6 is 0 Å². The number of carbonyl (C=O) groups is 1. The van der Waals surface area contributed by atoms with E-state index in [2.05, 4.69) is 16.5 Å². The van der Waals surface area contributed by atoms with Gasteiger partial charge in [0.1, 0.15) is 5.82 Å². The van der Waals surface area contributed by atoms with Crippen LogP contribution in [0.15, 0.2) is 18.2 Å². The summed E-state index contributed by atoms with van der Waals surface area (Å²) in [6.45, 7) is 4.94. The Labute approximate surface area is 118 Å². The molecular formula is C15H21N3O2. The van der Waals surface area contributed by atoms with E-state index in [-0.39, 0.29) is 5.97 Å². The number of carbonyl (C=O) groups excluding carboxylic acids is 1. The van der Waals surface area contributed by atoms with Gasteiger partial charge in [-0.05, 0) is 31.5 Å². The van der Waals surface area contributed by atoms with Crippen LogP contribution in [-0.2, 0) is 22.5 Å². The highest BCUT2D eigenvalue weighted by Crippen LogP contribution is 2.20. The Balaban J connectivity index is 2.28. The Hall–Kier alpha value is -2.04. The van der Waals surface area contributed by atoms with Gasteiger partial charge in [0.2, 0.25) is 0 Å². The maximum atomic E-state index is 11.5. The van der Waals surface area contributed by atoms with Crippen LogP contribution in [0.2, 0.25) is 0 Å². The van der Waals surface area contributed by atoms with Gasteiger partial charge in [-0.1, -0.05) is 6.92 Å². The molecule has 5 heteroatoms. The number of nitrogens with two attached hydrogens (primary N) is 1. The van der Waals surface area contributed by atoms with Crippen LogP contribution in [0.25, 0.3) is 11.0 Å². The van der Waals surface area contributed by atoms with Crippen LogP contribution in [0, 0.1) is 0 Å². The molecule has 5 nitrogen and oxygen atoms in total. The summed E-state index contributed by atoms with van der Waals surface area (Å²) in [5.41, 5.74) is 8.41. The normalized spacial score (nSPS) is 10.9. The van der Waals surface area contributed by atoms with Crippen LogP contribution < -0.4 is 5.73 Å². The monoisotopic (exact) mass is 275 g/mol. The van der Waals surface area contributed by atoms with E-state index in [0.29, 0.717) is 25.3 Å². The highest BCUT2D eigenvalue weighted by atomic mass is 16.5. The van der Waals surface area contributed by atoms with Crippen molar-refractivity contribution in [2.24, 2.45) is 0 Å². The van der Waals surface area contributed by atoms with Gasteiger partial charge in [0.15, 0.2) is 0 Å². The summed E-state index contributed by atoms with van der Waals surface area (Å²) in [6.07, 6.45) is 2.26. The van der Waals surface area contributed by atoms with Crippen molar-refractivity contribution in [3.05, 3.63) is 24.0 Å². The van der Waals surface area contributed by atoms with E-state index in [4.69, 9.17) is 10.5 Å². The molecule has 2 rings (SSSR count). The van der Waals surface area contributed by atoms with Crippen molar-refractivity contribution < 1.29 is 9.53 Å². The molecule has 1 aromatic carbocycles. The first-order valence-corrected chi connectivity index (χ1v) is 7.06. The van der Waals surface area contributed by atoms with Gasteiger partial charge in [0.05, 0.1) is 24.1 Å². The number of fused-ring (bicyclic) bond motifs is 1. The van der Waals surface area contributed by atoms with Crippen molar-refractivity contribution in [2.45, 2.75) is 39.7 Å². The first-order chi connectivity index (χ1) is 9.65. The van der Waals surface area contributed by atoms with E-state index in [1.165, 1.54) is 0 Å². The largest absolute Gasteiger partial charge is 0.466 e. The molecule has 2 aromatic rings. The molecule has 0 unspecified atom stereocenters. The van der Waals surface area contributed by atoms with Gasteiger partial charge >= 0.3 is 5.97 Å². The lowest BCUT2D eigenvalue weighted by Gasteiger charge is -2.08. The van der Waals surface area contributed by atoms with E-state index >= 15 is 0 Å². The van der Waals surface area contributed by atoms with Gasteiger partial charge in [0.25, 0.3) is 0 Å². The smallest absolute Gasteiger partial charge is 0.307 e. The molecular weight excluding hydrogens is 254 g/mol. The van der Waals surface area contributed by atoms with Crippen LogP contribution in [-0.4, -0.2) is 22.1 Å². The molecule has 0 saturated heterocycles. The standard InChI is InChI=1S/C15H21N3O2/c1-3-5-14-17-12-10-11(16)6-7-13(12)18(14)9-8-15(19)20-4-2/h6-7,10H,3-5,8-9,16H2,1-2H3. The third kappa shape index (κ3) is 3.10. The fraction of sp³-hybridized carbons (Fsp3) is 0.467. The second-order valence-electron chi connectivity index (χ2n) is 4.73. The number of aryl methyl sites for hydroxylation is 2.